The predicted octanol–water partition coefficient (Wildman–Crippen LogP) is 1.20. The second-order valence-electron chi connectivity index (χ2n) is 2.86. The molecule has 0 saturated heterocycles. The number of aryl methyl sites for hydroxylation is 2. The van der Waals surface area contributed by atoms with Gasteiger partial charge < -0.3 is 5.73 Å². The van der Waals surface area contributed by atoms with Crippen molar-refractivity contribution in [1.29, 1.82) is 0 Å². The Morgan fingerprint density at radius 1 is 1.46 bits per heavy atom. The third kappa shape index (κ3) is 2.71. The van der Waals surface area contributed by atoms with Crippen molar-refractivity contribution in [2.24, 2.45) is 5.73 Å². The van der Waals surface area contributed by atoms with Crippen LogP contribution in [0.15, 0.2) is 18.2 Å². The van der Waals surface area contributed by atoms with Crippen LogP contribution in [-0.4, -0.2) is 10.9 Å². The molecule has 1 amide bonds. The second kappa shape index (κ2) is 3.85. The van der Waals surface area contributed by atoms with E-state index in [1.54, 1.807) is 6.08 Å². The van der Waals surface area contributed by atoms with Crippen LogP contribution in [0.3, 0.4) is 0 Å². The van der Waals surface area contributed by atoms with E-state index in [0.29, 0.717) is 0 Å². The summed E-state index contributed by atoms with van der Waals surface area (Å²) in [5.41, 5.74) is 7.76. The minimum Gasteiger partial charge on any atom is -0.366 e. The molecule has 0 fully saturated rings. The summed E-state index contributed by atoms with van der Waals surface area (Å²) < 4.78 is 0. The standard InChI is InChI=1S/C10H12N2O/c1-7-3-4-9(8(2)12-7)5-6-10(11)13/h3-6H,1-2H3,(H2,11,13). The van der Waals surface area contributed by atoms with Gasteiger partial charge in [0, 0.05) is 17.5 Å². The van der Waals surface area contributed by atoms with Crippen LogP contribution in [0.5, 0.6) is 0 Å². The molecule has 1 rings (SSSR count). The zero-order chi connectivity index (χ0) is 9.84. The number of hydrogen-bond donors (Lipinski definition) is 1. The van der Waals surface area contributed by atoms with Crippen LogP contribution in [0.1, 0.15) is 17.0 Å². The Morgan fingerprint density at radius 2 is 2.15 bits per heavy atom. The molecule has 1 heterocycles. The number of hydrogen-bond acceptors (Lipinski definition) is 2. The van der Waals surface area contributed by atoms with Crippen molar-refractivity contribution in [1.82, 2.24) is 4.98 Å². The van der Waals surface area contributed by atoms with Crippen LogP contribution in [0.25, 0.3) is 6.08 Å². The first-order valence-electron chi connectivity index (χ1n) is 4.01. The molecule has 0 aromatic carbocycles. The fourth-order valence-corrected chi connectivity index (χ4v) is 1.05. The summed E-state index contributed by atoms with van der Waals surface area (Å²) in [6, 6.07) is 3.81. The summed E-state index contributed by atoms with van der Waals surface area (Å²) >= 11 is 0. The van der Waals surface area contributed by atoms with E-state index in [9.17, 15) is 4.79 Å². The molecule has 68 valence electrons. The number of carbonyl (C=O) groups excluding carboxylic acids is 1. The molecular weight excluding hydrogens is 164 g/mol. The molecule has 0 aliphatic heterocycles. The van der Waals surface area contributed by atoms with E-state index in [1.807, 2.05) is 26.0 Å². The van der Waals surface area contributed by atoms with Crippen molar-refractivity contribution in [3.63, 3.8) is 0 Å². The Labute approximate surface area is 77.3 Å². The van der Waals surface area contributed by atoms with E-state index in [2.05, 4.69) is 4.98 Å². The van der Waals surface area contributed by atoms with Gasteiger partial charge in [0.2, 0.25) is 5.91 Å². The summed E-state index contributed by atoms with van der Waals surface area (Å²) in [4.78, 5) is 14.7. The minimum absolute atomic E-state index is 0.444. The molecule has 0 aliphatic rings. The maximum atomic E-state index is 10.5. The van der Waals surface area contributed by atoms with E-state index in [1.165, 1.54) is 6.08 Å². The van der Waals surface area contributed by atoms with Crippen molar-refractivity contribution in [3.05, 3.63) is 35.2 Å². The summed E-state index contributed by atoms with van der Waals surface area (Å²) in [6.45, 7) is 3.82. The van der Waals surface area contributed by atoms with E-state index in [0.717, 1.165) is 17.0 Å². The highest BCUT2D eigenvalue weighted by molar-refractivity contribution is 5.90. The van der Waals surface area contributed by atoms with Gasteiger partial charge >= 0.3 is 0 Å². The number of pyridine rings is 1. The average Bonchev–Trinajstić information content (AvgIpc) is 2.02. The summed E-state index contributed by atoms with van der Waals surface area (Å²) in [5.74, 6) is -0.444. The summed E-state index contributed by atoms with van der Waals surface area (Å²) in [7, 11) is 0. The molecular formula is C10H12N2O. The van der Waals surface area contributed by atoms with Crippen LogP contribution >= 0.6 is 0 Å². The van der Waals surface area contributed by atoms with Crippen molar-refractivity contribution in [3.8, 4) is 0 Å². The molecule has 0 aliphatic carbocycles. The van der Waals surface area contributed by atoms with Gasteiger partial charge in [-0.2, -0.15) is 0 Å². The monoisotopic (exact) mass is 176 g/mol. The zero-order valence-electron chi connectivity index (χ0n) is 7.74. The van der Waals surface area contributed by atoms with E-state index < -0.39 is 5.91 Å². The molecule has 0 bridgehead atoms. The highest BCUT2D eigenvalue weighted by Crippen LogP contribution is 2.07. The highest BCUT2D eigenvalue weighted by atomic mass is 16.1. The lowest BCUT2D eigenvalue weighted by atomic mass is 10.2. The Kier molecular flexibility index (Phi) is 2.80. The zero-order valence-corrected chi connectivity index (χ0v) is 7.74. The van der Waals surface area contributed by atoms with Gasteiger partial charge in [0.1, 0.15) is 0 Å². The van der Waals surface area contributed by atoms with Crippen LogP contribution in [0.4, 0.5) is 0 Å². The fourth-order valence-electron chi connectivity index (χ4n) is 1.05. The fraction of sp³-hybridized carbons (Fsp3) is 0.200. The predicted molar refractivity (Wildman–Crippen MR) is 51.9 cm³/mol. The molecule has 1 aromatic rings. The molecule has 1 aromatic heterocycles. The van der Waals surface area contributed by atoms with Gasteiger partial charge in [0.25, 0.3) is 0 Å². The Bertz CT molecular complexity index is 356. The Morgan fingerprint density at radius 3 is 2.69 bits per heavy atom. The average molecular weight is 176 g/mol. The lowest BCUT2D eigenvalue weighted by Crippen LogP contribution is -2.05. The first kappa shape index (κ1) is 9.45. The minimum atomic E-state index is -0.444. The molecule has 0 atom stereocenters. The Balaban J connectivity index is 2.96. The van der Waals surface area contributed by atoms with Gasteiger partial charge in [-0.1, -0.05) is 6.07 Å². The summed E-state index contributed by atoms with van der Waals surface area (Å²) in [5, 5.41) is 0. The molecule has 3 heteroatoms. The first-order chi connectivity index (χ1) is 6.09. The van der Waals surface area contributed by atoms with Crippen molar-refractivity contribution >= 4 is 12.0 Å². The van der Waals surface area contributed by atoms with E-state index in [-0.39, 0.29) is 0 Å². The number of aromatic nitrogens is 1. The molecule has 0 unspecified atom stereocenters. The smallest absolute Gasteiger partial charge is 0.241 e. The molecule has 0 spiro atoms. The topological polar surface area (TPSA) is 56.0 Å². The van der Waals surface area contributed by atoms with Gasteiger partial charge in [-0.05, 0) is 31.6 Å². The lowest BCUT2D eigenvalue weighted by molar-refractivity contribution is -0.113. The number of rotatable bonds is 2. The van der Waals surface area contributed by atoms with Gasteiger partial charge in [-0.15, -0.1) is 0 Å². The maximum Gasteiger partial charge on any atom is 0.241 e. The number of carbonyl (C=O) groups is 1. The number of primary amides is 1. The number of nitrogens with zero attached hydrogens (tertiary/aromatic N) is 1. The molecule has 2 N–H and O–H groups in total. The molecule has 0 saturated carbocycles. The van der Waals surface area contributed by atoms with E-state index >= 15 is 0 Å². The second-order valence-corrected chi connectivity index (χ2v) is 2.86. The van der Waals surface area contributed by atoms with Gasteiger partial charge in [0.15, 0.2) is 0 Å². The van der Waals surface area contributed by atoms with Crippen molar-refractivity contribution in [2.45, 2.75) is 13.8 Å². The van der Waals surface area contributed by atoms with Crippen molar-refractivity contribution in [2.75, 3.05) is 0 Å². The molecule has 13 heavy (non-hydrogen) atoms. The van der Waals surface area contributed by atoms with Gasteiger partial charge in [-0.25, -0.2) is 0 Å². The Hall–Kier alpha value is -1.64. The quantitative estimate of drug-likeness (QED) is 0.688. The van der Waals surface area contributed by atoms with Crippen LogP contribution < -0.4 is 5.73 Å². The molecule has 0 radical (unpaired) electrons. The van der Waals surface area contributed by atoms with Crippen molar-refractivity contribution < 1.29 is 4.79 Å². The largest absolute Gasteiger partial charge is 0.366 e. The lowest BCUT2D eigenvalue weighted by Gasteiger charge is -1.99. The van der Waals surface area contributed by atoms with Gasteiger partial charge in [-0.3, -0.25) is 9.78 Å². The van der Waals surface area contributed by atoms with Gasteiger partial charge in [0.05, 0.1) is 0 Å². The highest BCUT2D eigenvalue weighted by Gasteiger charge is 1.95. The summed E-state index contributed by atoms with van der Waals surface area (Å²) in [6.07, 6.45) is 3.00. The number of nitrogens with two attached hydrogens (primary N) is 1. The van der Waals surface area contributed by atoms with E-state index in [4.69, 9.17) is 5.73 Å². The van der Waals surface area contributed by atoms with Crippen LogP contribution in [-0.2, 0) is 4.79 Å². The molecule has 3 nitrogen and oxygen atoms in total. The third-order valence-corrected chi connectivity index (χ3v) is 1.69. The van der Waals surface area contributed by atoms with Crippen LogP contribution in [0.2, 0.25) is 0 Å². The first-order valence-corrected chi connectivity index (χ1v) is 4.01. The SMILES string of the molecule is Cc1ccc(C=CC(N)=O)c(C)n1. The third-order valence-electron chi connectivity index (χ3n) is 1.69. The normalized spacial score (nSPS) is 10.6. The maximum absolute atomic E-state index is 10.5. The number of amides is 1. The van der Waals surface area contributed by atoms with Crippen LogP contribution in [0, 0.1) is 13.8 Å².